The molecule has 0 radical (unpaired) electrons. The lowest BCUT2D eigenvalue weighted by atomic mass is 10.2. The molecule has 0 atom stereocenters. The molecular formula is C22H18ClF3N4OS. The molecule has 1 aromatic carbocycles. The highest BCUT2D eigenvalue weighted by molar-refractivity contribution is 7.99. The molecule has 0 unspecified atom stereocenters. The summed E-state index contributed by atoms with van der Waals surface area (Å²) in [6.07, 6.45) is -2.29. The maximum absolute atomic E-state index is 13.2. The number of hydrogen-bond donors (Lipinski definition) is 0. The average Bonchev–Trinajstić information content (AvgIpc) is 2.80. The Kier molecular flexibility index (Phi) is 6.57. The lowest BCUT2D eigenvalue weighted by Gasteiger charge is -2.36. The highest BCUT2D eigenvalue weighted by Crippen LogP contribution is 2.36. The van der Waals surface area contributed by atoms with Crippen LogP contribution >= 0.6 is 23.4 Å². The van der Waals surface area contributed by atoms with Crippen molar-refractivity contribution in [2.45, 2.75) is 16.2 Å². The van der Waals surface area contributed by atoms with E-state index in [9.17, 15) is 18.0 Å². The third-order valence-electron chi connectivity index (χ3n) is 5.02. The van der Waals surface area contributed by atoms with Crippen LogP contribution in [0.2, 0.25) is 5.02 Å². The second-order valence-corrected chi connectivity index (χ2v) is 8.47. The smallest absolute Gasteiger partial charge is 0.368 e. The molecule has 3 aromatic rings. The van der Waals surface area contributed by atoms with Crippen molar-refractivity contribution < 1.29 is 18.0 Å². The molecule has 1 saturated heterocycles. The molecule has 1 aliphatic rings. The van der Waals surface area contributed by atoms with Crippen LogP contribution in [0.5, 0.6) is 0 Å². The number of anilines is 1. The quantitative estimate of drug-likeness (QED) is 0.512. The topological polar surface area (TPSA) is 49.3 Å². The van der Waals surface area contributed by atoms with Gasteiger partial charge in [0, 0.05) is 44.3 Å². The molecule has 1 aliphatic heterocycles. The Bertz CT molecular complexity index is 1110. The summed E-state index contributed by atoms with van der Waals surface area (Å²) in [6, 6.07) is 14.1. The summed E-state index contributed by atoms with van der Waals surface area (Å²) in [7, 11) is 0. The Morgan fingerprint density at radius 3 is 2.34 bits per heavy atom. The lowest BCUT2D eigenvalue weighted by Crippen LogP contribution is -2.48. The summed E-state index contributed by atoms with van der Waals surface area (Å²) in [6.45, 7) is 2.49. The number of para-hydroxylation sites is 1. The third-order valence-corrected chi connectivity index (χ3v) is 6.46. The molecule has 0 N–H and O–H groups in total. The molecule has 0 bridgehead atoms. The summed E-state index contributed by atoms with van der Waals surface area (Å²) in [5, 5.41) is 0.351. The number of pyridine rings is 2. The van der Waals surface area contributed by atoms with E-state index in [1.165, 1.54) is 6.20 Å². The van der Waals surface area contributed by atoms with Crippen LogP contribution in [-0.4, -0.2) is 47.0 Å². The van der Waals surface area contributed by atoms with Crippen LogP contribution in [0, 0.1) is 0 Å². The van der Waals surface area contributed by atoms with Gasteiger partial charge in [-0.3, -0.25) is 4.79 Å². The fraction of sp³-hybridized carbons (Fsp3) is 0.227. The van der Waals surface area contributed by atoms with Gasteiger partial charge in [0.15, 0.2) is 0 Å². The highest BCUT2D eigenvalue weighted by Gasteiger charge is 2.32. The molecule has 0 saturated carbocycles. The SMILES string of the molecule is O=C(c1cccnc1Sc1ncc(C(F)(F)F)cc1Cl)N1CCN(c2ccccc2)CC1. The van der Waals surface area contributed by atoms with E-state index in [4.69, 9.17) is 11.6 Å². The van der Waals surface area contributed by atoms with Gasteiger partial charge in [0.2, 0.25) is 0 Å². The first-order valence-corrected chi connectivity index (χ1v) is 11.0. The first-order valence-electron chi connectivity index (χ1n) is 9.78. The van der Waals surface area contributed by atoms with Gasteiger partial charge in [-0.05, 0) is 42.1 Å². The summed E-state index contributed by atoms with van der Waals surface area (Å²) >= 11 is 7.00. The zero-order chi connectivity index (χ0) is 22.7. The second kappa shape index (κ2) is 9.38. The molecule has 166 valence electrons. The Morgan fingerprint density at radius 1 is 0.969 bits per heavy atom. The van der Waals surface area contributed by atoms with Crippen LogP contribution in [0.15, 0.2) is 71.0 Å². The molecule has 32 heavy (non-hydrogen) atoms. The predicted octanol–water partition coefficient (Wildman–Crippen LogP) is 5.26. The van der Waals surface area contributed by atoms with Crippen LogP contribution < -0.4 is 4.90 Å². The molecule has 1 amide bonds. The number of carbonyl (C=O) groups is 1. The average molecular weight is 479 g/mol. The summed E-state index contributed by atoms with van der Waals surface area (Å²) in [5.74, 6) is -0.184. The maximum Gasteiger partial charge on any atom is 0.417 e. The van der Waals surface area contributed by atoms with Crippen LogP contribution in [0.25, 0.3) is 0 Å². The van der Waals surface area contributed by atoms with E-state index in [2.05, 4.69) is 14.9 Å². The van der Waals surface area contributed by atoms with E-state index in [0.717, 1.165) is 29.7 Å². The maximum atomic E-state index is 13.2. The Hall–Kier alpha value is -2.78. The third kappa shape index (κ3) is 4.99. The Balaban J connectivity index is 1.49. The number of nitrogens with zero attached hydrogens (tertiary/aromatic N) is 4. The molecule has 0 aliphatic carbocycles. The molecular weight excluding hydrogens is 461 g/mol. The van der Waals surface area contributed by atoms with Crippen molar-refractivity contribution in [1.82, 2.24) is 14.9 Å². The fourth-order valence-corrected chi connectivity index (χ4v) is 4.46. The normalized spacial score (nSPS) is 14.5. The lowest BCUT2D eigenvalue weighted by molar-refractivity contribution is -0.137. The van der Waals surface area contributed by atoms with Gasteiger partial charge in [0.25, 0.3) is 5.91 Å². The summed E-state index contributed by atoms with van der Waals surface area (Å²) in [4.78, 5) is 25.2. The number of amides is 1. The van der Waals surface area contributed by atoms with Crippen molar-refractivity contribution in [3.05, 3.63) is 77.1 Å². The largest absolute Gasteiger partial charge is 0.417 e. The zero-order valence-electron chi connectivity index (χ0n) is 16.7. The summed E-state index contributed by atoms with van der Waals surface area (Å²) in [5.41, 5.74) is 0.545. The Morgan fingerprint density at radius 2 is 1.69 bits per heavy atom. The number of benzene rings is 1. The van der Waals surface area contributed by atoms with E-state index in [1.807, 2.05) is 30.3 Å². The molecule has 4 rings (SSSR count). The second-order valence-electron chi connectivity index (χ2n) is 7.08. The fourth-order valence-electron chi connectivity index (χ4n) is 3.36. The van der Waals surface area contributed by atoms with Gasteiger partial charge in [-0.15, -0.1) is 0 Å². The molecule has 0 spiro atoms. The summed E-state index contributed by atoms with van der Waals surface area (Å²) < 4.78 is 38.6. The van der Waals surface area contributed by atoms with Crippen molar-refractivity contribution in [2.75, 3.05) is 31.1 Å². The number of hydrogen-bond acceptors (Lipinski definition) is 5. The van der Waals surface area contributed by atoms with E-state index >= 15 is 0 Å². The standard InChI is InChI=1S/C22H18ClF3N4OS/c23-18-13-15(22(24,25)26)14-28-20(18)32-19-17(7-4-8-27-19)21(31)30-11-9-29(10-12-30)16-5-2-1-3-6-16/h1-8,13-14H,9-12H2. The van der Waals surface area contributed by atoms with E-state index in [0.29, 0.717) is 36.8 Å². The van der Waals surface area contributed by atoms with Crippen molar-refractivity contribution in [3.63, 3.8) is 0 Å². The minimum atomic E-state index is -4.53. The van der Waals surface area contributed by atoms with Gasteiger partial charge in [0.1, 0.15) is 10.1 Å². The number of piperazine rings is 1. The first kappa shape index (κ1) is 22.4. The van der Waals surface area contributed by atoms with Crippen LogP contribution in [0.3, 0.4) is 0 Å². The van der Waals surface area contributed by atoms with Crippen molar-refractivity contribution in [3.8, 4) is 0 Å². The number of alkyl halides is 3. The minimum absolute atomic E-state index is 0.148. The molecule has 1 fully saturated rings. The van der Waals surface area contributed by atoms with Gasteiger partial charge < -0.3 is 9.80 Å². The predicted molar refractivity (Wildman–Crippen MR) is 117 cm³/mol. The first-order chi connectivity index (χ1) is 15.3. The van der Waals surface area contributed by atoms with Gasteiger partial charge in [0.05, 0.1) is 16.1 Å². The van der Waals surface area contributed by atoms with Crippen LogP contribution in [-0.2, 0) is 6.18 Å². The number of halogens is 4. The van der Waals surface area contributed by atoms with Crippen LogP contribution in [0.1, 0.15) is 15.9 Å². The van der Waals surface area contributed by atoms with Gasteiger partial charge in [-0.25, -0.2) is 9.97 Å². The Labute approximate surface area is 192 Å². The van der Waals surface area contributed by atoms with E-state index in [1.54, 1.807) is 17.0 Å². The van der Waals surface area contributed by atoms with Crippen LogP contribution in [0.4, 0.5) is 18.9 Å². The monoisotopic (exact) mass is 478 g/mol. The van der Waals surface area contributed by atoms with Gasteiger partial charge in [-0.2, -0.15) is 13.2 Å². The van der Waals surface area contributed by atoms with E-state index in [-0.39, 0.29) is 16.0 Å². The molecule has 5 nitrogen and oxygen atoms in total. The van der Waals surface area contributed by atoms with Crippen molar-refractivity contribution in [1.29, 1.82) is 0 Å². The number of aromatic nitrogens is 2. The molecule has 10 heteroatoms. The van der Waals surface area contributed by atoms with Gasteiger partial charge >= 0.3 is 6.18 Å². The molecule has 2 aromatic heterocycles. The molecule has 3 heterocycles. The number of rotatable bonds is 4. The highest BCUT2D eigenvalue weighted by atomic mass is 35.5. The van der Waals surface area contributed by atoms with Crippen molar-refractivity contribution >= 4 is 35.0 Å². The van der Waals surface area contributed by atoms with Gasteiger partial charge in [-0.1, -0.05) is 29.8 Å². The minimum Gasteiger partial charge on any atom is -0.368 e. The van der Waals surface area contributed by atoms with E-state index < -0.39 is 11.7 Å². The zero-order valence-corrected chi connectivity index (χ0v) is 18.3. The number of carbonyl (C=O) groups excluding carboxylic acids is 1. The van der Waals surface area contributed by atoms with Crippen molar-refractivity contribution in [2.24, 2.45) is 0 Å².